The molecule has 0 aliphatic heterocycles. The zero-order valence-corrected chi connectivity index (χ0v) is 16.5. The number of nitrogens with one attached hydrogen (secondary N) is 1. The summed E-state index contributed by atoms with van der Waals surface area (Å²) >= 11 is 10.7. The molecule has 2 rings (SSSR count). The minimum absolute atomic E-state index is 0.273. The predicted octanol–water partition coefficient (Wildman–Crippen LogP) is 6.03. The summed E-state index contributed by atoms with van der Waals surface area (Å²) in [7, 11) is 1.71. The van der Waals surface area contributed by atoms with Gasteiger partial charge in [-0.15, -0.1) is 0 Å². The van der Waals surface area contributed by atoms with Gasteiger partial charge in [-0.25, -0.2) is 0 Å². The normalized spacial score (nSPS) is 12.0. The summed E-state index contributed by atoms with van der Waals surface area (Å²) in [5, 5.41) is 3.54. The highest BCUT2D eigenvalue weighted by Gasteiger charge is 2.12. The number of hydrogen-bond donors (Lipinski definition) is 1. The Morgan fingerprint density at radius 2 is 1.71 bits per heavy atom. The third-order valence-corrected chi connectivity index (χ3v) is 4.82. The van der Waals surface area contributed by atoms with E-state index in [-0.39, 0.29) is 6.04 Å². The maximum atomic E-state index is 5.41. The smallest absolute Gasteiger partial charge is 0.122 e. The zero-order valence-electron chi connectivity index (χ0n) is 11.8. The number of benzene rings is 2. The summed E-state index contributed by atoms with van der Waals surface area (Å²) in [4.78, 5) is 0. The molecule has 0 amide bonds. The molecule has 1 atom stereocenters. The molecular formula is C16H16Br3NO. The van der Waals surface area contributed by atoms with Gasteiger partial charge in [0.2, 0.25) is 0 Å². The van der Waals surface area contributed by atoms with Gasteiger partial charge in [-0.1, -0.05) is 34.1 Å². The second-order valence-electron chi connectivity index (χ2n) is 4.81. The first kappa shape index (κ1) is 16.8. The molecule has 0 aliphatic carbocycles. The molecule has 0 saturated heterocycles. The van der Waals surface area contributed by atoms with Crippen LogP contribution in [0, 0.1) is 0 Å². The van der Waals surface area contributed by atoms with Crippen LogP contribution in [0.2, 0.25) is 0 Å². The van der Waals surface area contributed by atoms with Crippen molar-refractivity contribution >= 4 is 53.5 Å². The van der Waals surface area contributed by atoms with Crippen molar-refractivity contribution in [1.82, 2.24) is 0 Å². The predicted molar refractivity (Wildman–Crippen MR) is 99.3 cm³/mol. The van der Waals surface area contributed by atoms with Crippen LogP contribution in [0.4, 0.5) is 5.69 Å². The molecule has 2 aromatic carbocycles. The molecule has 0 fully saturated rings. The van der Waals surface area contributed by atoms with E-state index in [1.54, 1.807) is 7.11 Å². The van der Waals surface area contributed by atoms with Crippen molar-refractivity contribution in [3.8, 4) is 5.75 Å². The van der Waals surface area contributed by atoms with E-state index in [4.69, 9.17) is 4.74 Å². The highest BCUT2D eigenvalue weighted by atomic mass is 79.9. The van der Waals surface area contributed by atoms with Crippen molar-refractivity contribution in [3.05, 3.63) is 55.4 Å². The van der Waals surface area contributed by atoms with Crippen LogP contribution in [0.3, 0.4) is 0 Å². The first-order valence-corrected chi connectivity index (χ1v) is 8.92. The van der Waals surface area contributed by atoms with Gasteiger partial charge in [0.05, 0.1) is 12.8 Å². The molecule has 0 radical (unpaired) electrons. The minimum atomic E-state index is 0.273. The molecule has 1 unspecified atom stereocenters. The standard InChI is InChI=1S/C16H16Br3NO/c1-10(7-11-5-3-4-6-15(11)21-2)20-16-13(18)8-12(17)9-14(16)19/h3-6,8-10,20H,7H2,1-2H3. The molecule has 112 valence electrons. The molecule has 0 bridgehead atoms. The molecule has 2 aromatic rings. The van der Waals surface area contributed by atoms with Gasteiger partial charge in [-0.2, -0.15) is 0 Å². The molecule has 0 aliphatic rings. The van der Waals surface area contributed by atoms with Crippen molar-refractivity contribution in [2.45, 2.75) is 19.4 Å². The van der Waals surface area contributed by atoms with Crippen LogP contribution in [-0.4, -0.2) is 13.2 Å². The monoisotopic (exact) mass is 475 g/mol. The Morgan fingerprint density at radius 1 is 1.10 bits per heavy atom. The van der Waals surface area contributed by atoms with Gasteiger partial charge in [0.1, 0.15) is 5.75 Å². The Labute approximate surface area is 150 Å². The average Bonchev–Trinajstić information content (AvgIpc) is 2.43. The molecule has 21 heavy (non-hydrogen) atoms. The van der Waals surface area contributed by atoms with E-state index in [2.05, 4.69) is 66.1 Å². The lowest BCUT2D eigenvalue weighted by atomic mass is 10.1. The Hall–Kier alpha value is -0.520. The molecule has 2 nitrogen and oxygen atoms in total. The van der Waals surface area contributed by atoms with Crippen molar-refractivity contribution in [3.63, 3.8) is 0 Å². The third kappa shape index (κ3) is 4.47. The fourth-order valence-corrected chi connectivity index (χ4v) is 4.67. The van der Waals surface area contributed by atoms with Crippen molar-refractivity contribution in [1.29, 1.82) is 0 Å². The second-order valence-corrected chi connectivity index (χ2v) is 7.43. The van der Waals surface area contributed by atoms with E-state index in [0.717, 1.165) is 31.3 Å². The van der Waals surface area contributed by atoms with E-state index in [1.807, 2.05) is 30.3 Å². The number of hydrogen-bond acceptors (Lipinski definition) is 2. The number of halogens is 3. The second kappa shape index (κ2) is 7.65. The minimum Gasteiger partial charge on any atom is -0.496 e. The van der Waals surface area contributed by atoms with Crippen LogP contribution in [0.5, 0.6) is 5.75 Å². The van der Waals surface area contributed by atoms with Gasteiger partial charge in [-0.3, -0.25) is 0 Å². The lowest BCUT2D eigenvalue weighted by molar-refractivity contribution is 0.409. The van der Waals surface area contributed by atoms with Gasteiger partial charge in [-0.05, 0) is 69.0 Å². The molecule has 0 saturated carbocycles. The fraction of sp³-hybridized carbons (Fsp3) is 0.250. The Bertz CT molecular complexity index is 608. The first-order chi connectivity index (χ1) is 10.0. The molecule has 0 aromatic heterocycles. The Balaban J connectivity index is 2.14. The summed E-state index contributed by atoms with van der Waals surface area (Å²) in [6.45, 7) is 2.16. The molecule has 0 spiro atoms. The number of anilines is 1. The molecule has 1 N–H and O–H groups in total. The zero-order chi connectivity index (χ0) is 15.4. The SMILES string of the molecule is COc1ccccc1CC(C)Nc1c(Br)cc(Br)cc1Br. The van der Waals surface area contributed by atoms with Gasteiger partial charge in [0.25, 0.3) is 0 Å². The van der Waals surface area contributed by atoms with E-state index in [0.29, 0.717) is 0 Å². The Morgan fingerprint density at radius 3 is 2.33 bits per heavy atom. The molecule has 5 heteroatoms. The average molecular weight is 478 g/mol. The van der Waals surface area contributed by atoms with Gasteiger partial charge in [0.15, 0.2) is 0 Å². The van der Waals surface area contributed by atoms with Crippen LogP contribution in [0.25, 0.3) is 0 Å². The first-order valence-electron chi connectivity index (χ1n) is 6.54. The van der Waals surface area contributed by atoms with Crippen molar-refractivity contribution in [2.75, 3.05) is 12.4 Å². The number of para-hydroxylation sites is 1. The third-order valence-electron chi connectivity index (χ3n) is 3.12. The largest absolute Gasteiger partial charge is 0.496 e. The molecular weight excluding hydrogens is 462 g/mol. The summed E-state index contributed by atoms with van der Waals surface area (Å²) in [5.41, 5.74) is 2.25. The van der Waals surface area contributed by atoms with E-state index in [1.165, 1.54) is 5.56 Å². The highest BCUT2D eigenvalue weighted by molar-refractivity contribution is 9.11. The lowest BCUT2D eigenvalue weighted by Crippen LogP contribution is -2.19. The van der Waals surface area contributed by atoms with Crippen LogP contribution < -0.4 is 10.1 Å². The van der Waals surface area contributed by atoms with Gasteiger partial charge in [0, 0.05) is 19.5 Å². The van der Waals surface area contributed by atoms with Crippen LogP contribution in [0.15, 0.2) is 49.8 Å². The van der Waals surface area contributed by atoms with Crippen LogP contribution in [-0.2, 0) is 6.42 Å². The number of methoxy groups -OCH3 is 1. The summed E-state index contributed by atoms with van der Waals surface area (Å²) in [6, 6.07) is 12.5. The van der Waals surface area contributed by atoms with Crippen LogP contribution in [0.1, 0.15) is 12.5 Å². The number of ether oxygens (including phenoxy) is 1. The topological polar surface area (TPSA) is 21.3 Å². The summed E-state index contributed by atoms with van der Waals surface area (Å²) in [6.07, 6.45) is 0.888. The van der Waals surface area contributed by atoms with Crippen molar-refractivity contribution < 1.29 is 4.74 Å². The summed E-state index contributed by atoms with van der Waals surface area (Å²) in [5.74, 6) is 0.931. The van der Waals surface area contributed by atoms with Crippen molar-refractivity contribution in [2.24, 2.45) is 0 Å². The maximum absolute atomic E-state index is 5.41. The quantitative estimate of drug-likeness (QED) is 0.568. The summed E-state index contributed by atoms with van der Waals surface area (Å²) < 4.78 is 8.49. The van der Waals surface area contributed by atoms with Gasteiger partial charge < -0.3 is 10.1 Å². The molecule has 0 heterocycles. The number of rotatable bonds is 5. The van der Waals surface area contributed by atoms with Gasteiger partial charge >= 0.3 is 0 Å². The van der Waals surface area contributed by atoms with E-state index in [9.17, 15) is 0 Å². The Kier molecular flexibility index (Phi) is 6.14. The van der Waals surface area contributed by atoms with Crippen LogP contribution >= 0.6 is 47.8 Å². The maximum Gasteiger partial charge on any atom is 0.122 e. The van der Waals surface area contributed by atoms with E-state index >= 15 is 0 Å². The van der Waals surface area contributed by atoms with E-state index < -0.39 is 0 Å². The lowest BCUT2D eigenvalue weighted by Gasteiger charge is -2.19. The highest BCUT2D eigenvalue weighted by Crippen LogP contribution is 2.35. The fourth-order valence-electron chi connectivity index (χ4n) is 2.18.